The number of rotatable bonds is 4. The summed E-state index contributed by atoms with van der Waals surface area (Å²) in [5, 5.41) is 0. The van der Waals surface area contributed by atoms with Crippen molar-refractivity contribution in [1.82, 2.24) is 0 Å². The zero-order valence-electron chi connectivity index (χ0n) is 18.1. The Balaban J connectivity index is 1.57. The zero-order valence-corrected chi connectivity index (χ0v) is 18.1. The first-order valence-corrected chi connectivity index (χ1v) is 11.2. The Kier molecular flexibility index (Phi) is 5.65. The van der Waals surface area contributed by atoms with E-state index >= 15 is 0 Å². The molecule has 1 fully saturated rings. The zero-order chi connectivity index (χ0) is 22.1. The van der Waals surface area contributed by atoms with Crippen molar-refractivity contribution >= 4 is 6.08 Å². The summed E-state index contributed by atoms with van der Waals surface area (Å²) < 4.78 is 32.4. The molecule has 0 N–H and O–H groups in total. The highest BCUT2D eigenvalue weighted by Crippen LogP contribution is 2.55. The molecular weight excluding hydrogens is 402 g/mol. The summed E-state index contributed by atoms with van der Waals surface area (Å²) in [5.41, 5.74) is 6.15. The van der Waals surface area contributed by atoms with Gasteiger partial charge in [-0.25, -0.2) is 8.78 Å². The van der Waals surface area contributed by atoms with E-state index in [9.17, 15) is 8.78 Å². The molecule has 162 valence electrons. The number of fused-ring (bicyclic) bond motifs is 1. The third kappa shape index (κ3) is 4.00. The summed E-state index contributed by atoms with van der Waals surface area (Å²) >= 11 is 0. The molecule has 0 radical (unpaired) electrons. The number of halogens is 2. The molecule has 3 aromatic carbocycles. The Morgan fingerprint density at radius 3 is 2.09 bits per heavy atom. The van der Waals surface area contributed by atoms with E-state index in [1.807, 2.05) is 36.4 Å². The fraction of sp³-hybridized carbons (Fsp3) is 0.241. The van der Waals surface area contributed by atoms with Gasteiger partial charge < -0.3 is 4.74 Å². The molecular formula is C29H26F2O. The number of hydrogen-bond acceptors (Lipinski definition) is 1. The van der Waals surface area contributed by atoms with Crippen molar-refractivity contribution in [1.29, 1.82) is 0 Å². The van der Waals surface area contributed by atoms with E-state index in [2.05, 4.69) is 24.3 Å². The van der Waals surface area contributed by atoms with Crippen molar-refractivity contribution in [3.8, 4) is 5.75 Å². The van der Waals surface area contributed by atoms with Crippen LogP contribution in [0.2, 0.25) is 0 Å². The van der Waals surface area contributed by atoms with Crippen LogP contribution in [0.4, 0.5) is 8.78 Å². The maximum Gasteiger partial charge on any atom is 0.123 e. The largest absolute Gasteiger partial charge is 0.497 e. The van der Waals surface area contributed by atoms with E-state index in [0.29, 0.717) is 5.92 Å². The summed E-state index contributed by atoms with van der Waals surface area (Å²) in [6.45, 7) is 0. The van der Waals surface area contributed by atoms with Gasteiger partial charge in [0.05, 0.1) is 7.11 Å². The fourth-order valence-corrected chi connectivity index (χ4v) is 5.37. The van der Waals surface area contributed by atoms with Crippen LogP contribution in [0.25, 0.3) is 6.08 Å². The molecule has 1 nitrogen and oxygen atoms in total. The molecule has 0 aliphatic heterocycles. The lowest BCUT2D eigenvalue weighted by Crippen LogP contribution is -2.18. The van der Waals surface area contributed by atoms with E-state index in [1.54, 1.807) is 19.2 Å². The lowest BCUT2D eigenvalue weighted by Gasteiger charge is -2.31. The normalized spacial score (nSPS) is 23.7. The van der Waals surface area contributed by atoms with Crippen LogP contribution in [0.5, 0.6) is 5.75 Å². The molecule has 0 spiro atoms. The van der Waals surface area contributed by atoms with Gasteiger partial charge >= 0.3 is 0 Å². The topological polar surface area (TPSA) is 9.23 Å². The summed E-state index contributed by atoms with van der Waals surface area (Å²) in [6, 6.07) is 22.0. The van der Waals surface area contributed by atoms with E-state index in [-0.39, 0.29) is 23.5 Å². The summed E-state index contributed by atoms with van der Waals surface area (Å²) in [5.74, 6) is 1.27. The first-order chi connectivity index (χ1) is 15.6. The predicted molar refractivity (Wildman–Crippen MR) is 125 cm³/mol. The molecule has 2 aliphatic rings. The van der Waals surface area contributed by atoms with Gasteiger partial charge in [0, 0.05) is 11.8 Å². The molecule has 1 saturated carbocycles. The average Bonchev–Trinajstić information content (AvgIpc) is 3.22. The molecule has 3 aromatic rings. The van der Waals surface area contributed by atoms with E-state index in [1.165, 1.54) is 34.4 Å². The molecule has 0 aromatic heterocycles. The lowest BCUT2D eigenvalue weighted by molar-refractivity contribution is 0.413. The number of ether oxygens (including phenoxy) is 1. The number of methoxy groups -OCH3 is 1. The molecule has 32 heavy (non-hydrogen) atoms. The Morgan fingerprint density at radius 2 is 1.44 bits per heavy atom. The highest BCUT2D eigenvalue weighted by molar-refractivity contribution is 5.62. The minimum Gasteiger partial charge on any atom is -0.497 e. The Labute approximate surface area is 188 Å². The second kappa shape index (κ2) is 8.74. The predicted octanol–water partition coefficient (Wildman–Crippen LogP) is 7.66. The van der Waals surface area contributed by atoms with Gasteiger partial charge in [0.25, 0.3) is 0 Å². The van der Waals surface area contributed by atoms with Crippen molar-refractivity contribution in [2.45, 2.75) is 31.1 Å². The van der Waals surface area contributed by atoms with Crippen LogP contribution in [0.3, 0.4) is 0 Å². The molecule has 0 amide bonds. The summed E-state index contributed by atoms with van der Waals surface area (Å²) in [4.78, 5) is 0. The molecule has 5 rings (SSSR count). The third-order valence-corrected chi connectivity index (χ3v) is 6.88. The maximum absolute atomic E-state index is 13.7. The lowest BCUT2D eigenvalue weighted by atomic mass is 9.72. The molecule has 1 unspecified atom stereocenters. The van der Waals surface area contributed by atoms with E-state index in [0.717, 1.165) is 30.6 Å². The quantitative estimate of drug-likeness (QED) is 0.414. The molecule has 0 bridgehead atoms. The smallest absolute Gasteiger partial charge is 0.123 e. The number of hydrogen-bond donors (Lipinski definition) is 0. The van der Waals surface area contributed by atoms with Gasteiger partial charge in [-0.15, -0.1) is 0 Å². The van der Waals surface area contributed by atoms with Gasteiger partial charge in [-0.3, -0.25) is 0 Å². The fourth-order valence-electron chi connectivity index (χ4n) is 5.37. The van der Waals surface area contributed by atoms with E-state index in [4.69, 9.17) is 4.74 Å². The van der Waals surface area contributed by atoms with Crippen LogP contribution in [0, 0.1) is 17.6 Å². The van der Waals surface area contributed by atoms with Crippen LogP contribution in [0.1, 0.15) is 47.8 Å². The van der Waals surface area contributed by atoms with Crippen molar-refractivity contribution in [2.24, 2.45) is 5.92 Å². The number of benzene rings is 3. The SMILES string of the molecule is COc1ccc([C@H]2C=C3/C(=C/c4ccc(F)cc4)CCCC3[C@@H]2c2ccc(F)cc2)cc1. The van der Waals surface area contributed by atoms with Gasteiger partial charge in [0.2, 0.25) is 0 Å². The minimum atomic E-state index is -0.218. The highest BCUT2D eigenvalue weighted by Gasteiger charge is 2.41. The highest BCUT2D eigenvalue weighted by atomic mass is 19.1. The minimum absolute atomic E-state index is 0.207. The van der Waals surface area contributed by atoms with Crippen molar-refractivity contribution < 1.29 is 13.5 Å². The van der Waals surface area contributed by atoms with Crippen LogP contribution in [-0.2, 0) is 0 Å². The van der Waals surface area contributed by atoms with Gasteiger partial charge in [-0.2, -0.15) is 0 Å². The van der Waals surface area contributed by atoms with Crippen LogP contribution in [-0.4, -0.2) is 7.11 Å². The van der Waals surface area contributed by atoms with Gasteiger partial charge in [-0.05, 0) is 89.4 Å². The number of allylic oxidation sites excluding steroid dienone is 3. The Morgan fingerprint density at radius 1 is 0.812 bits per heavy atom. The molecule has 3 heteroatoms. The first-order valence-electron chi connectivity index (χ1n) is 11.2. The summed E-state index contributed by atoms with van der Waals surface area (Å²) in [7, 11) is 1.68. The molecule has 0 heterocycles. The summed E-state index contributed by atoms with van der Waals surface area (Å²) in [6.07, 6.45) is 7.86. The molecule has 2 aliphatic carbocycles. The van der Waals surface area contributed by atoms with Gasteiger partial charge in [0.15, 0.2) is 0 Å². The monoisotopic (exact) mass is 428 g/mol. The van der Waals surface area contributed by atoms with Gasteiger partial charge in [-0.1, -0.05) is 48.6 Å². The Bertz CT molecular complexity index is 1140. The second-order valence-corrected chi connectivity index (χ2v) is 8.72. The van der Waals surface area contributed by atoms with Crippen molar-refractivity contribution in [2.75, 3.05) is 7.11 Å². The second-order valence-electron chi connectivity index (χ2n) is 8.72. The van der Waals surface area contributed by atoms with Crippen molar-refractivity contribution in [3.63, 3.8) is 0 Å². The molecule has 0 saturated heterocycles. The van der Waals surface area contributed by atoms with E-state index < -0.39 is 0 Å². The van der Waals surface area contributed by atoms with Crippen LogP contribution < -0.4 is 4.74 Å². The average molecular weight is 429 g/mol. The molecule has 3 atom stereocenters. The standard InChI is InChI=1S/C29H26F2O/c1-32-25-15-9-20(10-16-25)28-18-27-22(17-19-5-11-23(30)12-6-19)3-2-4-26(27)29(28)21-7-13-24(31)14-8-21/h5-18,26,28-29H,2-4H2,1H3/b22-17+/t26?,28-,29+/m1/s1. The maximum atomic E-state index is 13.7. The Hall–Kier alpha value is -3.20. The first kappa shape index (κ1) is 20.7. The third-order valence-electron chi connectivity index (χ3n) is 6.88. The van der Waals surface area contributed by atoms with Crippen LogP contribution >= 0.6 is 0 Å². The van der Waals surface area contributed by atoms with Crippen molar-refractivity contribution in [3.05, 3.63) is 118 Å². The van der Waals surface area contributed by atoms with Gasteiger partial charge in [0.1, 0.15) is 17.4 Å². The van der Waals surface area contributed by atoms with Crippen LogP contribution in [0.15, 0.2) is 90.0 Å².